The van der Waals surface area contributed by atoms with Crippen LogP contribution in [0.2, 0.25) is 0 Å². The topological polar surface area (TPSA) is 89.0 Å². The van der Waals surface area contributed by atoms with E-state index in [2.05, 4.69) is 33.4 Å². The third kappa shape index (κ3) is 5.01. The molecule has 186 valence electrons. The number of halogens is 1. The van der Waals surface area contributed by atoms with Crippen molar-refractivity contribution in [2.24, 2.45) is 0 Å². The molecule has 3 aliphatic rings. The summed E-state index contributed by atoms with van der Waals surface area (Å²) in [6.07, 6.45) is 2.71. The first-order valence-corrected chi connectivity index (χ1v) is 12.3. The number of β-amino-alcohol motifs (C(OH)–C–C–N with tert-alkyl or cyclic N) is 1. The van der Waals surface area contributed by atoms with Crippen LogP contribution >= 0.6 is 0 Å². The summed E-state index contributed by atoms with van der Waals surface area (Å²) >= 11 is 0. The van der Waals surface area contributed by atoms with Crippen molar-refractivity contribution >= 4 is 17.6 Å². The quantitative estimate of drug-likeness (QED) is 0.694. The van der Waals surface area contributed by atoms with Crippen LogP contribution in [0.1, 0.15) is 41.3 Å². The molecule has 35 heavy (non-hydrogen) atoms. The number of rotatable bonds is 4. The predicted octanol–water partition coefficient (Wildman–Crippen LogP) is 1.89. The fraction of sp³-hybridized carbons (Fsp3) is 0.500. The average Bonchev–Trinajstić information content (AvgIpc) is 3.33. The van der Waals surface area contributed by atoms with Crippen LogP contribution in [0.3, 0.4) is 0 Å². The molecule has 5 rings (SSSR count). The smallest absolute Gasteiger partial charge is 0.257 e. The van der Waals surface area contributed by atoms with Gasteiger partial charge in [-0.15, -0.1) is 0 Å². The molecule has 0 saturated carbocycles. The van der Waals surface area contributed by atoms with E-state index in [-0.39, 0.29) is 30.1 Å². The number of anilines is 1. The van der Waals surface area contributed by atoms with E-state index in [0.29, 0.717) is 31.9 Å². The van der Waals surface area contributed by atoms with Crippen molar-refractivity contribution in [1.29, 1.82) is 0 Å². The van der Waals surface area contributed by atoms with Crippen molar-refractivity contribution in [3.63, 3.8) is 0 Å². The average molecular weight is 482 g/mol. The largest absolute Gasteiger partial charge is 0.390 e. The fourth-order valence-corrected chi connectivity index (χ4v) is 5.56. The van der Waals surface area contributed by atoms with Gasteiger partial charge in [0.1, 0.15) is 5.82 Å². The van der Waals surface area contributed by atoms with Crippen molar-refractivity contribution < 1.29 is 19.1 Å². The van der Waals surface area contributed by atoms with Crippen LogP contribution in [-0.2, 0) is 17.8 Å². The van der Waals surface area contributed by atoms with Gasteiger partial charge in [-0.2, -0.15) is 0 Å². The highest BCUT2D eigenvalue weighted by Gasteiger charge is 2.36. The summed E-state index contributed by atoms with van der Waals surface area (Å²) in [7, 11) is 0. The Balaban J connectivity index is 1.22. The Hall–Kier alpha value is -3.04. The highest BCUT2D eigenvalue weighted by molar-refractivity contribution is 5.95. The first-order chi connectivity index (χ1) is 16.9. The standard InChI is InChI=1S/C26H32FN5O3/c1-17(33)30-10-7-20(15-30)29-25-12-21(22(27)13-28-25)26(35)32-11-8-23(24(34)16-32)31-9-6-18-4-2-3-5-19(18)14-31/h2-5,12-13,20,23-24,34H,6-11,14-16H2,1H3,(H,28,29)/t20?,23-,24-/m0/s1. The molecule has 0 radical (unpaired) electrons. The maximum absolute atomic E-state index is 14.6. The monoisotopic (exact) mass is 481 g/mol. The van der Waals surface area contributed by atoms with Gasteiger partial charge in [0.25, 0.3) is 5.91 Å². The number of nitrogens with zero attached hydrogens (tertiary/aromatic N) is 4. The van der Waals surface area contributed by atoms with Gasteiger partial charge >= 0.3 is 0 Å². The number of aromatic nitrogens is 1. The lowest BCUT2D eigenvalue weighted by molar-refractivity contribution is -0.127. The molecule has 1 aromatic heterocycles. The fourth-order valence-electron chi connectivity index (χ4n) is 5.56. The molecule has 3 atom stereocenters. The minimum absolute atomic E-state index is 0.00653. The normalized spacial score (nSPS) is 24.8. The zero-order valence-electron chi connectivity index (χ0n) is 20.0. The molecular formula is C26H32FN5O3. The number of likely N-dealkylation sites (tertiary alicyclic amines) is 2. The summed E-state index contributed by atoms with van der Waals surface area (Å²) in [4.78, 5) is 34.4. The second-order valence-electron chi connectivity index (χ2n) is 9.81. The summed E-state index contributed by atoms with van der Waals surface area (Å²) < 4.78 is 14.6. The number of fused-ring (bicyclic) bond motifs is 1. The molecule has 2 saturated heterocycles. The number of nitrogens with one attached hydrogen (secondary N) is 1. The van der Waals surface area contributed by atoms with E-state index in [4.69, 9.17) is 0 Å². The predicted molar refractivity (Wildman–Crippen MR) is 129 cm³/mol. The molecule has 0 aliphatic carbocycles. The van der Waals surface area contributed by atoms with Gasteiger partial charge in [-0.05, 0) is 36.5 Å². The Morgan fingerprint density at radius 1 is 1.09 bits per heavy atom. The first kappa shape index (κ1) is 23.7. The van der Waals surface area contributed by atoms with Crippen molar-refractivity contribution in [3.05, 3.63) is 59.0 Å². The second-order valence-corrected chi connectivity index (χ2v) is 9.81. The van der Waals surface area contributed by atoms with E-state index in [1.807, 2.05) is 6.07 Å². The van der Waals surface area contributed by atoms with Crippen LogP contribution in [0.4, 0.5) is 10.2 Å². The zero-order valence-corrected chi connectivity index (χ0v) is 20.0. The van der Waals surface area contributed by atoms with Gasteiger partial charge in [-0.3, -0.25) is 14.5 Å². The molecule has 2 fully saturated rings. The van der Waals surface area contributed by atoms with Crippen LogP contribution in [0, 0.1) is 5.82 Å². The molecule has 2 amide bonds. The van der Waals surface area contributed by atoms with E-state index in [0.717, 1.165) is 32.1 Å². The van der Waals surface area contributed by atoms with Crippen LogP contribution in [0.25, 0.3) is 0 Å². The number of hydrogen-bond donors (Lipinski definition) is 2. The third-order valence-electron chi connectivity index (χ3n) is 7.53. The SMILES string of the molecule is CC(=O)N1CCC(Nc2cc(C(=O)N3CC[C@H](N4CCc5ccccc5C4)[C@@H](O)C3)c(F)cn2)C1. The number of piperidine rings is 1. The summed E-state index contributed by atoms with van der Waals surface area (Å²) in [6.45, 7) is 5.05. The molecule has 4 heterocycles. The van der Waals surface area contributed by atoms with E-state index >= 15 is 0 Å². The Labute approximate surface area is 204 Å². The molecule has 8 nitrogen and oxygen atoms in total. The lowest BCUT2D eigenvalue weighted by Crippen LogP contribution is -2.56. The summed E-state index contributed by atoms with van der Waals surface area (Å²) in [5.41, 5.74) is 2.59. The van der Waals surface area contributed by atoms with Gasteiger partial charge in [0.05, 0.1) is 17.9 Å². The highest BCUT2D eigenvalue weighted by Crippen LogP contribution is 2.26. The summed E-state index contributed by atoms with van der Waals surface area (Å²) in [5, 5.41) is 14.2. The van der Waals surface area contributed by atoms with Crippen LogP contribution in [-0.4, -0.2) is 87.5 Å². The van der Waals surface area contributed by atoms with Gasteiger partial charge < -0.3 is 20.2 Å². The Bertz CT molecular complexity index is 1110. The molecule has 0 spiro atoms. The molecule has 0 bridgehead atoms. The molecule has 2 N–H and O–H groups in total. The molecule has 9 heteroatoms. The van der Waals surface area contributed by atoms with Crippen LogP contribution in [0.15, 0.2) is 36.5 Å². The van der Waals surface area contributed by atoms with E-state index in [1.54, 1.807) is 4.90 Å². The number of benzene rings is 1. The maximum atomic E-state index is 14.6. The number of pyridine rings is 1. The Kier molecular flexibility index (Phi) is 6.71. The number of carbonyl (C=O) groups is 2. The molecule has 3 aliphatic heterocycles. The zero-order chi connectivity index (χ0) is 24.5. The number of aliphatic hydroxyl groups is 1. The highest BCUT2D eigenvalue weighted by atomic mass is 19.1. The van der Waals surface area contributed by atoms with E-state index < -0.39 is 17.8 Å². The minimum atomic E-state index is -0.698. The molecule has 2 aromatic rings. The first-order valence-electron chi connectivity index (χ1n) is 12.3. The van der Waals surface area contributed by atoms with Gasteiger partial charge in [-0.25, -0.2) is 9.37 Å². The van der Waals surface area contributed by atoms with Crippen molar-refractivity contribution in [1.82, 2.24) is 19.7 Å². The molecular weight excluding hydrogens is 449 g/mol. The summed E-state index contributed by atoms with van der Waals surface area (Å²) in [6, 6.07) is 9.80. The van der Waals surface area contributed by atoms with Gasteiger partial charge in [0.15, 0.2) is 5.82 Å². The molecule has 1 aromatic carbocycles. The second kappa shape index (κ2) is 9.91. The van der Waals surface area contributed by atoms with Gasteiger partial charge in [0, 0.05) is 58.3 Å². The number of hydrogen-bond acceptors (Lipinski definition) is 6. The lowest BCUT2D eigenvalue weighted by Gasteiger charge is -2.43. The Morgan fingerprint density at radius 3 is 2.60 bits per heavy atom. The number of carbonyl (C=O) groups excluding carboxylic acids is 2. The minimum Gasteiger partial charge on any atom is -0.390 e. The van der Waals surface area contributed by atoms with E-state index in [1.165, 1.54) is 29.0 Å². The van der Waals surface area contributed by atoms with Crippen LogP contribution < -0.4 is 5.32 Å². The third-order valence-corrected chi connectivity index (χ3v) is 7.53. The van der Waals surface area contributed by atoms with Crippen LogP contribution in [0.5, 0.6) is 0 Å². The Morgan fingerprint density at radius 2 is 1.86 bits per heavy atom. The summed E-state index contributed by atoms with van der Waals surface area (Å²) in [5.74, 6) is -0.687. The lowest BCUT2D eigenvalue weighted by atomic mass is 9.94. The number of amides is 2. The van der Waals surface area contributed by atoms with E-state index in [9.17, 15) is 19.1 Å². The molecule has 1 unspecified atom stereocenters. The van der Waals surface area contributed by atoms with Crippen molar-refractivity contribution in [3.8, 4) is 0 Å². The van der Waals surface area contributed by atoms with Crippen molar-refractivity contribution in [2.75, 3.05) is 38.0 Å². The van der Waals surface area contributed by atoms with Gasteiger partial charge in [0.2, 0.25) is 5.91 Å². The number of aliphatic hydroxyl groups excluding tert-OH is 1. The maximum Gasteiger partial charge on any atom is 0.257 e. The van der Waals surface area contributed by atoms with Crippen molar-refractivity contribution in [2.45, 2.75) is 50.9 Å². The van der Waals surface area contributed by atoms with Gasteiger partial charge in [-0.1, -0.05) is 24.3 Å².